The monoisotopic (exact) mass is 261 g/mol. The van der Waals surface area contributed by atoms with E-state index in [1.165, 1.54) is 11.1 Å². The van der Waals surface area contributed by atoms with E-state index in [2.05, 4.69) is 32.9 Å². The van der Waals surface area contributed by atoms with Gasteiger partial charge in [-0.15, -0.1) is 0 Å². The van der Waals surface area contributed by atoms with Gasteiger partial charge in [0.05, 0.1) is 6.61 Å². The summed E-state index contributed by atoms with van der Waals surface area (Å²) in [5.41, 5.74) is 3.50. The summed E-state index contributed by atoms with van der Waals surface area (Å²) in [5, 5.41) is 0. The average Bonchev–Trinajstić information content (AvgIpc) is 2.34. The number of hydrogen-bond acceptors (Lipinski definition) is 2. The normalized spacial score (nSPS) is 18.6. The molecule has 19 heavy (non-hydrogen) atoms. The number of carbonyl (C=O) groups excluding carboxylic acids is 1. The molecular formula is C16H23NO2. The van der Waals surface area contributed by atoms with Crippen LogP contribution >= 0.6 is 0 Å². The number of carbonyl (C=O) groups is 1. The largest absolute Gasteiger partial charge is 0.358 e. The number of rotatable bonds is 3. The molecule has 1 atom stereocenters. The zero-order chi connectivity index (χ0) is 14.0. The van der Waals surface area contributed by atoms with E-state index < -0.39 is 0 Å². The van der Waals surface area contributed by atoms with Gasteiger partial charge in [-0.05, 0) is 37.3 Å². The molecule has 1 aromatic rings. The number of benzene rings is 1. The summed E-state index contributed by atoms with van der Waals surface area (Å²) in [6.45, 7) is 8.63. The van der Waals surface area contributed by atoms with Crippen LogP contribution in [0.25, 0.3) is 0 Å². The molecule has 1 amide bonds. The van der Waals surface area contributed by atoms with Gasteiger partial charge >= 0.3 is 0 Å². The van der Waals surface area contributed by atoms with E-state index in [-0.39, 0.29) is 12.1 Å². The molecule has 0 N–H and O–H groups in total. The molecule has 0 saturated heterocycles. The Labute approximate surface area is 115 Å². The van der Waals surface area contributed by atoms with Crippen molar-refractivity contribution in [2.24, 2.45) is 5.92 Å². The highest BCUT2D eigenvalue weighted by Gasteiger charge is 2.29. The van der Waals surface area contributed by atoms with Crippen LogP contribution in [0, 0.1) is 12.8 Å². The van der Waals surface area contributed by atoms with Crippen LogP contribution in [-0.4, -0.2) is 18.7 Å². The first kappa shape index (κ1) is 14.1. The van der Waals surface area contributed by atoms with Crippen LogP contribution in [0.1, 0.15) is 38.3 Å². The summed E-state index contributed by atoms with van der Waals surface area (Å²) in [7, 11) is 0. The highest BCUT2D eigenvalue weighted by Crippen LogP contribution is 2.32. The van der Waals surface area contributed by atoms with Crippen molar-refractivity contribution in [2.75, 3.05) is 11.5 Å². The smallest absolute Gasteiger partial charge is 0.225 e. The third-order valence-electron chi connectivity index (χ3n) is 3.40. The lowest BCUT2D eigenvalue weighted by Crippen LogP contribution is -2.44. The summed E-state index contributed by atoms with van der Waals surface area (Å²) in [6.07, 6.45) is 1.74. The fourth-order valence-corrected chi connectivity index (χ4v) is 2.55. The molecule has 0 aliphatic carbocycles. The van der Waals surface area contributed by atoms with Gasteiger partial charge in [0, 0.05) is 12.6 Å². The topological polar surface area (TPSA) is 29.5 Å². The van der Waals surface area contributed by atoms with Crippen molar-refractivity contribution >= 4 is 11.6 Å². The van der Waals surface area contributed by atoms with Crippen molar-refractivity contribution in [3.63, 3.8) is 0 Å². The molecule has 104 valence electrons. The molecule has 0 radical (unpaired) electrons. The highest BCUT2D eigenvalue weighted by atomic mass is 16.5. The van der Waals surface area contributed by atoms with Gasteiger partial charge in [-0.25, -0.2) is 0 Å². The predicted octanol–water partition coefficient (Wildman–Crippen LogP) is 3.29. The lowest BCUT2D eigenvalue weighted by atomic mass is 9.98. The minimum atomic E-state index is -0.116. The zero-order valence-electron chi connectivity index (χ0n) is 12.3. The Bertz CT molecular complexity index is 468. The Morgan fingerprint density at radius 1 is 1.47 bits per heavy atom. The first-order valence-corrected chi connectivity index (χ1v) is 7.00. The third kappa shape index (κ3) is 3.16. The number of nitrogens with zero attached hydrogens (tertiary/aromatic N) is 1. The first-order chi connectivity index (χ1) is 8.99. The molecule has 1 aliphatic heterocycles. The predicted molar refractivity (Wildman–Crippen MR) is 77.2 cm³/mol. The van der Waals surface area contributed by atoms with Crippen molar-refractivity contribution in [3.05, 3.63) is 29.3 Å². The van der Waals surface area contributed by atoms with Crippen molar-refractivity contribution < 1.29 is 9.53 Å². The van der Waals surface area contributed by atoms with Gasteiger partial charge in [-0.2, -0.15) is 0 Å². The van der Waals surface area contributed by atoms with E-state index in [9.17, 15) is 4.79 Å². The second-order valence-corrected chi connectivity index (χ2v) is 5.74. The minimum absolute atomic E-state index is 0.0542. The molecule has 1 unspecified atom stereocenters. The maximum absolute atomic E-state index is 11.9. The summed E-state index contributed by atoms with van der Waals surface area (Å²) < 4.78 is 5.91. The van der Waals surface area contributed by atoms with Gasteiger partial charge in [-0.3, -0.25) is 9.69 Å². The minimum Gasteiger partial charge on any atom is -0.358 e. The molecule has 1 heterocycles. The van der Waals surface area contributed by atoms with Crippen LogP contribution in [0.15, 0.2) is 18.2 Å². The second kappa shape index (κ2) is 5.74. The van der Waals surface area contributed by atoms with Gasteiger partial charge in [0.2, 0.25) is 5.91 Å². The first-order valence-electron chi connectivity index (χ1n) is 7.00. The van der Waals surface area contributed by atoms with Crippen molar-refractivity contribution in [1.82, 2.24) is 0 Å². The van der Waals surface area contributed by atoms with Crippen LogP contribution in [0.2, 0.25) is 0 Å². The molecule has 0 bridgehead atoms. The van der Waals surface area contributed by atoms with Gasteiger partial charge in [0.25, 0.3) is 0 Å². The SMILES string of the molecule is CC(=O)N1c2ccc(C)cc2CCC1OCC(C)C. The summed E-state index contributed by atoms with van der Waals surface area (Å²) >= 11 is 0. The van der Waals surface area contributed by atoms with Crippen LogP contribution < -0.4 is 4.90 Å². The fourth-order valence-electron chi connectivity index (χ4n) is 2.55. The van der Waals surface area contributed by atoms with Crippen molar-refractivity contribution in [2.45, 2.75) is 46.8 Å². The van der Waals surface area contributed by atoms with Gasteiger partial charge < -0.3 is 4.74 Å². The Balaban J connectivity index is 2.25. The number of fused-ring (bicyclic) bond motifs is 1. The quantitative estimate of drug-likeness (QED) is 0.835. The third-order valence-corrected chi connectivity index (χ3v) is 3.40. The Kier molecular flexibility index (Phi) is 4.25. The fraction of sp³-hybridized carbons (Fsp3) is 0.562. The number of ether oxygens (including phenoxy) is 1. The Morgan fingerprint density at radius 3 is 2.84 bits per heavy atom. The van der Waals surface area contributed by atoms with Gasteiger partial charge in [-0.1, -0.05) is 31.5 Å². The van der Waals surface area contributed by atoms with Gasteiger partial charge in [0.15, 0.2) is 0 Å². The van der Waals surface area contributed by atoms with Crippen LogP contribution in [0.5, 0.6) is 0 Å². The number of aryl methyl sites for hydroxylation is 2. The standard InChI is InChI=1S/C16H23NO2/c1-11(2)10-19-16-8-6-14-9-12(3)5-7-15(14)17(16)13(4)18/h5,7,9,11,16H,6,8,10H2,1-4H3. The maximum Gasteiger partial charge on any atom is 0.225 e. The maximum atomic E-state index is 11.9. The lowest BCUT2D eigenvalue weighted by molar-refractivity contribution is -0.120. The highest BCUT2D eigenvalue weighted by molar-refractivity contribution is 5.93. The van der Waals surface area contributed by atoms with E-state index in [0.29, 0.717) is 12.5 Å². The number of anilines is 1. The molecule has 0 saturated carbocycles. The molecule has 0 spiro atoms. The zero-order valence-corrected chi connectivity index (χ0v) is 12.3. The van der Waals surface area contributed by atoms with E-state index in [1.54, 1.807) is 11.8 Å². The molecule has 0 aromatic heterocycles. The van der Waals surface area contributed by atoms with Gasteiger partial charge in [0.1, 0.15) is 6.23 Å². The van der Waals surface area contributed by atoms with E-state index in [1.807, 2.05) is 6.07 Å². The summed E-state index contributed by atoms with van der Waals surface area (Å²) in [4.78, 5) is 13.8. The molecule has 1 aromatic carbocycles. The van der Waals surface area contributed by atoms with E-state index in [4.69, 9.17) is 4.74 Å². The lowest BCUT2D eigenvalue weighted by Gasteiger charge is -2.36. The summed E-state index contributed by atoms with van der Waals surface area (Å²) in [5.74, 6) is 0.534. The van der Waals surface area contributed by atoms with Crippen LogP contribution in [0.3, 0.4) is 0 Å². The van der Waals surface area contributed by atoms with E-state index in [0.717, 1.165) is 18.5 Å². The van der Waals surface area contributed by atoms with Crippen LogP contribution in [0.4, 0.5) is 5.69 Å². The molecule has 1 aliphatic rings. The Hall–Kier alpha value is -1.35. The van der Waals surface area contributed by atoms with E-state index >= 15 is 0 Å². The average molecular weight is 261 g/mol. The molecule has 3 nitrogen and oxygen atoms in total. The molecule has 3 heteroatoms. The second-order valence-electron chi connectivity index (χ2n) is 5.74. The summed E-state index contributed by atoms with van der Waals surface area (Å²) in [6, 6.07) is 6.26. The number of amides is 1. The molecular weight excluding hydrogens is 238 g/mol. The van der Waals surface area contributed by atoms with Crippen molar-refractivity contribution in [1.29, 1.82) is 0 Å². The molecule has 2 rings (SSSR count). The number of hydrogen-bond donors (Lipinski definition) is 0. The van der Waals surface area contributed by atoms with Crippen LogP contribution in [-0.2, 0) is 16.0 Å². The Morgan fingerprint density at radius 2 is 2.21 bits per heavy atom. The van der Waals surface area contributed by atoms with Crippen molar-refractivity contribution in [3.8, 4) is 0 Å². The molecule has 0 fully saturated rings.